The Morgan fingerprint density at radius 1 is 1.18 bits per heavy atom. The molecule has 4 nitrogen and oxygen atoms in total. The molecule has 0 saturated carbocycles. The van der Waals surface area contributed by atoms with Gasteiger partial charge in [-0.1, -0.05) is 25.8 Å². The first-order valence-electron chi connectivity index (χ1n) is 7.93. The molecule has 4 heteroatoms. The summed E-state index contributed by atoms with van der Waals surface area (Å²) in [6, 6.07) is 9.53. The van der Waals surface area contributed by atoms with Gasteiger partial charge in [0.15, 0.2) is 0 Å². The van der Waals surface area contributed by atoms with Gasteiger partial charge in [-0.25, -0.2) is 0 Å². The number of nitrogens with zero attached hydrogens (tertiary/aromatic N) is 2. The number of benzene rings is 1. The lowest BCUT2D eigenvalue weighted by atomic mass is 10.1. The molecule has 118 valence electrons. The molecule has 2 rings (SSSR count). The van der Waals surface area contributed by atoms with E-state index in [-0.39, 0.29) is 12.5 Å². The number of hydrogen-bond acceptors (Lipinski definition) is 3. The predicted molar refractivity (Wildman–Crippen MR) is 89.0 cm³/mol. The highest BCUT2D eigenvalue weighted by Gasteiger charge is 2.15. The summed E-state index contributed by atoms with van der Waals surface area (Å²) in [5.74, 6) is -0.0207. The van der Waals surface area contributed by atoms with Gasteiger partial charge >= 0.3 is 0 Å². The SMILES string of the molecule is CCCCCN(CCO)C(=O)c1ccc2nc(C)ccc2c1. The number of hydrogen-bond donors (Lipinski definition) is 1. The summed E-state index contributed by atoms with van der Waals surface area (Å²) in [5.41, 5.74) is 2.52. The van der Waals surface area contributed by atoms with Crippen molar-refractivity contribution in [1.29, 1.82) is 0 Å². The molecule has 22 heavy (non-hydrogen) atoms. The summed E-state index contributed by atoms with van der Waals surface area (Å²) in [6.45, 7) is 5.15. The monoisotopic (exact) mass is 300 g/mol. The van der Waals surface area contributed by atoms with Crippen LogP contribution in [0.1, 0.15) is 42.2 Å². The highest BCUT2D eigenvalue weighted by atomic mass is 16.3. The van der Waals surface area contributed by atoms with Gasteiger partial charge < -0.3 is 10.0 Å². The maximum Gasteiger partial charge on any atom is 0.253 e. The van der Waals surface area contributed by atoms with Crippen molar-refractivity contribution in [2.75, 3.05) is 19.7 Å². The molecule has 0 fully saturated rings. The topological polar surface area (TPSA) is 53.4 Å². The summed E-state index contributed by atoms with van der Waals surface area (Å²) in [6.07, 6.45) is 3.18. The minimum atomic E-state index is -0.0207. The van der Waals surface area contributed by atoms with Crippen LogP contribution in [0.15, 0.2) is 30.3 Å². The third-order valence-electron chi connectivity index (χ3n) is 3.76. The zero-order chi connectivity index (χ0) is 15.9. The summed E-state index contributed by atoms with van der Waals surface area (Å²) in [7, 11) is 0. The lowest BCUT2D eigenvalue weighted by Crippen LogP contribution is -2.34. The largest absolute Gasteiger partial charge is 0.395 e. The predicted octanol–water partition coefficient (Wildman–Crippen LogP) is 3.17. The van der Waals surface area contributed by atoms with Gasteiger partial charge in [-0.15, -0.1) is 0 Å². The third kappa shape index (κ3) is 4.04. The normalized spacial score (nSPS) is 10.9. The van der Waals surface area contributed by atoms with Gasteiger partial charge in [0, 0.05) is 29.7 Å². The van der Waals surface area contributed by atoms with Crippen molar-refractivity contribution in [2.24, 2.45) is 0 Å². The smallest absolute Gasteiger partial charge is 0.253 e. The maximum absolute atomic E-state index is 12.6. The number of aromatic nitrogens is 1. The van der Waals surface area contributed by atoms with Crippen molar-refractivity contribution >= 4 is 16.8 Å². The Bertz CT molecular complexity index is 640. The second-order valence-corrected chi connectivity index (χ2v) is 5.58. The Morgan fingerprint density at radius 2 is 2.00 bits per heavy atom. The van der Waals surface area contributed by atoms with Gasteiger partial charge in [-0.2, -0.15) is 0 Å². The van der Waals surface area contributed by atoms with Crippen LogP contribution in [-0.2, 0) is 0 Å². The van der Waals surface area contributed by atoms with E-state index in [2.05, 4.69) is 11.9 Å². The number of carbonyl (C=O) groups excluding carboxylic acids is 1. The Kier molecular flexibility index (Phi) is 5.90. The van der Waals surface area contributed by atoms with E-state index in [1.807, 2.05) is 37.3 Å². The number of unbranched alkanes of at least 4 members (excludes halogenated alkanes) is 2. The van der Waals surface area contributed by atoms with Crippen LogP contribution in [0.4, 0.5) is 0 Å². The highest BCUT2D eigenvalue weighted by molar-refractivity contribution is 5.98. The molecule has 0 spiro atoms. The number of aliphatic hydroxyl groups excluding tert-OH is 1. The van der Waals surface area contributed by atoms with Crippen LogP contribution in [0, 0.1) is 6.92 Å². The Balaban J connectivity index is 2.20. The fourth-order valence-electron chi connectivity index (χ4n) is 2.53. The molecule has 1 heterocycles. The summed E-state index contributed by atoms with van der Waals surface area (Å²) >= 11 is 0. The molecule has 1 amide bonds. The standard InChI is InChI=1S/C18H24N2O2/c1-3-4-5-10-20(11-12-21)18(22)16-8-9-17-15(13-16)7-6-14(2)19-17/h6-9,13,21H,3-5,10-12H2,1-2H3. The zero-order valence-electron chi connectivity index (χ0n) is 13.4. The van der Waals surface area contributed by atoms with E-state index in [1.165, 1.54) is 0 Å². The molecule has 0 aliphatic rings. The minimum absolute atomic E-state index is 0.00774. The van der Waals surface area contributed by atoms with Gasteiger partial charge in [0.25, 0.3) is 5.91 Å². The van der Waals surface area contributed by atoms with Crippen molar-refractivity contribution in [3.8, 4) is 0 Å². The molecule has 0 atom stereocenters. The molecule has 2 aromatic rings. The number of rotatable bonds is 7. The lowest BCUT2D eigenvalue weighted by molar-refractivity contribution is 0.0719. The molecule has 1 N–H and O–H groups in total. The molecular weight excluding hydrogens is 276 g/mol. The summed E-state index contributed by atoms with van der Waals surface area (Å²) < 4.78 is 0. The summed E-state index contributed by atoms with van der Waals surface area (Å²) in [4.78, 5) is 18.8. The van der Waals surface area contributed by atoms with E-state index >= 15 is 0 Å². The van der Waals surface area contributed by atoms with Crippen LogP contribution in [0.5, 0.6) is 0 Å². The van der Waals surface area contributed by atoms with Gasteiger partial charge in [0.2, 0.25) is 0 Å². The van der Waals surface area contributed by atoms with E-state index in [1.54, 1.807) is 4.90 Å². The molecule has 0 saturated heterocycles. The Hall–Kier alpha value is -1.94. The average molecular weight is 300 g/mol. The summed E-state index contributed by atoms with van der Waals surface area (Å²) in [5, 5.41) is 10.2. The number of aliphatic hydroxyl groups is 1. The maximum atomic E-state index is 12.6. The average Bonchev–Trinajstić information content (AvgIpc) is 2.53. The Morgan fingerprint density at radius 3 is 2.73 bits per heavy atom. The number of amides is 1. The second kappa shape index (κ2) is 7.90. The second-order valence-electron chi connectivity index (χ2n) is 5.58. The van der Waals surface area contributed by atoms with Crippen molar-refractivity contribution < 1.29 is 9.90 Å². The number of carbonyl (C=O) groups is 1. The number of fused-ring (bicyclic) bond motifs is 1. The van der Waals surface area contributed by atoms with E-state index in [4.69, 9.17) is 0 Å². The number of aryl methyl sites for hydroxylation is 1. The minimum Gasteiger partial charge on any atom is -0.395 e. The number of pyridine rings is 1. The lowest BCUT2D eigenvalue weighted by Gasteiger charge is -2.22. The van der Waals surface area contributed by atoms with Crippen molar-refractivity contribution in [2.45, 2.75) is 33.1 Å². The molecule has 1 aromatic carbocycles. The van der Waals surface area contributed by atoms with Crippen LogP contribution in [-0.4, -0.2) is 40.6 Å². The quantitative estimate of drug-likeness (QED) is 0.799. The van der Waals surface area contributed by atoms with Gasteiger partial charge in [0.05, 0.1) is 12.1 Å². The highest BCUT2D eigenvalue weighted by Crippen LogP contribution is 2.16. The fourth-order valence-corrected chi connectivity index (χ4v) is 2.53. The van der Waals surface area contributed by atoms with Crippen LogP contribution >= 0.6 is 0 Å². The third-order valence-corrected chi connectivity index (χ3v) is 3.76. The van der Waals surface area contributed by atoms with Gasteiger partial charge in [-0.05, 0) is 37.6 Å². The molecule has 0 aliphatic heterocycles. The van der Waals surface area contributed by atoms with E-state index < -0.39 is 0 Å². The molecule has 1 aromatic heterocycles. The van der Waals surface area contributed by atoms with Crippen LogP contribution in [0.3, 0.4) is 0 Å². The van der Waals surface area contributed by atoms with E-state index in [9.17, 15) is 9.90 Å². The first-order valence-corrected chi connectivity index (χ1v) is 7.93. The Labute approximate surface area is 131 Å². The fraction of sp³-hybridized carbons (Fsp3) is 0.444. The van der Waals surface area contributed by atoms with Crippen LogP contribution in [0.2, 0.25) is 0 Å². The van der Waals surface area contributed by atoms with Crippen molar-refractivity contribution in [3.05, 3.63) is 41.6 Å². The molecular formula is C18H24N2O2. The van der Waals surface area contributed by atoms with Crippen molar-refractivity contribution in [1.82, 2.24) is 9.88 Å². The van der Waals surface area contributed by atoms with Gasteiger partial charge in [0.1, 0.15) is 0 Å². The zero-order valence-corrected chi connectivity index (χ0v) is 13.4. The first kappa shape index (κ1) is 16.4. The molecule has 0 unspecified atom stereocenters. The van der Waals surface area contributed by atoms with Crippen LogP contribution < -0.4 is 0 Å². The van der Waals surface area contributed by atoms with E-state index in [0.717, 1.165) is 35.9 Å². The molecule has 0 aliphatic carbocycles. The van der Waals surface area contributed by atoms with Crippen LogP contribution in [0.25, 0.3) is 10.9 Å². The van der Waals surface area contributed by atoms with Gasteiger partial charge in [-0.3, -0.25) is 9.78 Å². The van der Waals surface area contributed by atoms with Crippen molar-refractivity contribution in [3.63, 3.8) is 0 Å². The van der Waals surface area contributed by atoms with E-state index in [0.29, 0.717) is 18.7 Å². The first-order chi connectivity index (χ1) is 10.7. The molecule has 0 radical (unpaired) electrons. The molecule has 0 bridgehead atoms.